The highest BCUT2D eigenvalue weighted by molar-refractivity contribution is 5.58. The van der Waals surface area contributed by atoms with E-state index in [0.717, 1.165) is 43.0 Å². The molecule has 2 aliphatic rings. The third kappa shape index (κ3) is 4.33. The largest absolute Gasteiger partial charge is 0.347 e. The molecule has 1 N–H and O–H groups in total. The van der Waals surface area contributed by atoms with E-state index in [1.165, 1.54) is 17.7 Å². The van der Waals surface area contributed by atoms with Crippen molar-refractivity contribution in [3.8, 4) is 17.1 Å². The first-order valence-electron chi connectivity index (χ1n) is 11.4. The molecule has 0 radical (unpaired) electrons. The molecule has 0 amide bonds. The molecule has 2 saturated heterocycles. The van der Waals surface area contributed by atoms with Crippen LogP contribution in [0, 0.1) is 5.82 Å². The highest BCUT2D eigenvalue weighted by Crippen LogP contribution is 2.33. The molecule has 3 heterocycles. The summed E-state index contributed by atoms with van der Waals surface area (Å²) < 4.78 is 27.7. The van der Waals surface area contributed by atoms with Crippen molar-refractivity contribution in [3.05, 3.63) is 65.7 Å². The lowest BCUT2D eigenvalue weighted by Gasteiger charge is -2.32. The maximum Gasteiger partial charge on any atom is 0.171 e. The second-order valence-electron chi connectivity index (χ2n) is 8.93. The van der Waals surface area contributed by atoms with E-state index in [2.05, 4.69) is 43.4 Å². The highest BCUT2D eigenvalue weighted by Gasteiger charge is 2.42. The van der Waals surface area contributed by atoms with Crippen molar-refractivity contribution in [3.63, 3.8) is 0 Å². The van der Waals surface area contributed by atoms with E-state index < -0.39 is 5.79 Å². The Hall–Kier alpha value is -2.61. The van der Waals surface area contributed by atoms with Crippen LogP contribution in [-0.4, -0.2) is 46.4 Å². The molecule has 3 aromatic rings. The van der Waals surface area contributed by atoms with Crippen molar-refractivity contribution in [2.45, 2.75) is 50.9 Å². The lowest BCUT2D eigenvalue weighted by atomic mass is 10.0. The number of ether oxygens (including phenoxy) is 2. The fourth-order valence-corrected chi connectivity index (χ4v) is 4.40. The van der Waals surface area contributed by atoms with Crippen LogP contribution in [0.25, 0.3) is 17.1 Å². The van der Waals surface area contributed by atoms with Gasteiger partial charge in [-0.3, -0.25) is 0 Å². The maximum atomic E-state index is 13.5. The summed E-state index contributed by atoms with van der Waals surface area (Å²) in [7, 11) is 0. The van der Waals surface area contributed by atoms with Crippen LogP contribution in [0.1, 0.15) is 44.0 Å². The highest BCUT2D eigenvalue weighted by atomic mass is 19.1. The summed E-state index contributed by atoms with van der Waals surface area (Å²) in [6.07, 6.45) is 2.21. The standard InChI is InChI=1S/C25H29FN4O2/c1-17(2)18-3-5-19(6-4-18)24-28-23(29-30(24)21-9-7-20(26)8-10-21)15-22-16-31-25(32-22)11-13-27-14-12-25/h3-10,17,22,27H,11-16H2,1-2H3. The molecular formula is C25H29FN4O2. The molecule has 2 fully saturated rings. The second kappa shape index (κ2) is 8.73. The lowest BCUT2D eigenvalue weighted by molar-refractivity contribution is -0.182. The van der Waals surface area contributed by atoms with Crippen LogP contribution in [0.5, 0.6) is 0 Å². The number of aromatic nitrogens is 3. The Morgan fingerprint density at radius 3 is 2.50 bits per heavy atom. The van der Waals surface area contributed by atoms with Gasteiger partial charge in [-0.05, 0) is 35.7 Å². The number of hydrogen-bond acceptors (Lipinski definition) is 5. The van der Waals surface area contributed by atoms with Gasteiger partial charge in [-0.2, -0.15) is 5.10 Å². The molecule has 32 heavy (non-hydrogen) atoms. The molecule has 0 bridgehead atoms. The van der Waals surface area contributed by atoms with Gasteiger partial charge in [0, 0.05) is 37.9 Å². The zero-order valence-corrected chi connectivity index (χ0v) is 18.6. The number of nitrogens with zero attached hydrogens (tertiary/aromatic N) is 3. The molecule has 1 unspecified atom stereocenters. The van der Waals surface area contributed by atoms with Gasteiger partial charge < -0.3 is 14.8 Å². The summed E-state index contributed by atoms with van der Waals surface area (Å²) in [5.74, 6) is 1.14. The molecule has 1 spiro atoms. The third-order valence-electron chi connectivity index (χ3n) is 6.25. The van der Waals surface area contributed by atoms with E-state index in [-0.39, 0.29) is 11.9 Å². The molecular weight excluding hydrogens is 407 g/mol. The Morgan fingerprint density at radius 2 is 1.81 bits per heavy atom. The first kappa shape index (κ1) is 21.2. The molecule has 2 aliphatic heterocycles. The first-order chi connectivity index (χ1) is 15.5. The fourth-order valence-electron chi connectivity index (χ4n) is 4.40. The monoisotopic (exact) mass is 436 g/mol. The Morgan fingerprint density at radius 1 is 1.09 bits per heavy atom. The smallest absolute Gasteiger partial charge is 0.171 e. The average molecular weight is 437 g/mol. The predicted octanol–water partition coefficient (Wildman–Crippen LogP) is 4.23. The Balaban J connectivity index is 1.44. The van der Waals surface area contributed by atoms with E-state index in [1.807, 2.05) is 0 Å². The summed E-state index contributed by atoms with van der Waals surface area (Å²) >= 11 is 0. The van der Waals surface area contributed by atoms with Crippen LogP contribution in [0.3, 0.4) is 0 Å². The van der Waals surface area contributed by atoms with E-state index in [9.17, 15) is 4.39 Å². The van der Waals surface area contributed by atoms with Crippen molar-refractivity contribution in [1.29, 1.82) is 0 Å². The average Bonchev–Trinajstić information content (AvgIpc) is 3.39. The Labute approximate surface area is 187 Å². The van der Waals surface area contributed by atoms with E-state index in [4.69, 9.17) is 19.6 Å². The minimum absolute atomic E-state index is 0.0756. The molecule has 1 atom stereocenters. The third-order valence-corrected chi connectivity index (χ3v) is 6.25. The van der Waals surface area contributed by atoms with Crippen molar-refractivity contribution < 1.29 is 13.9 Å². The van der Waals surface area contributed by atoms with Gasteiger partial charge in [-0.15, -0.1) is 0 Å². The zero-order chi connectivity index (χ0) is 22.1. The molecule has 0 saturated carbocycles. The van der Waals surface area contributed by atoms with E-state index >= 15 is 0 Å². The summed E-state index contributed by atoms with van der Waals surface area (Å²) in [4.78, 5) is 4.86. The predicted molar refractivity (Wildman–Crippen MR) is 120 cm³/mol. The van der Waals surface area contributed by atoms with Gasteiger partial charge in [0.25, 0.3) is 0 Å². The first-order valence-corrected chi connectivity index (χ1v) is 11.4. The van der Waals surface area contributed by atoms with Crippen LogP contribution in [0.15, 0.2) is 48.5 Å². The molecule has 6 nitrogen and oxygen atoms in total. The Kier molecular flexibility index (Phi) is 5.80. The van der Waals surface area contributed by atoms with Gasteiger partial charge in [0.15, 0.2) is 17.4 Å². The number of rotatable bonds is 5. The molecule has 1 aromatic heterocycles. The van der Waals surface area contributed by atoms with Crippen LogP contribution in [-0.2, 0) is 15.9 Å². The fraction of sp³-hybridized carbons (Fsp3) is 0.440. The van der Waals surface area contributed by atoms with Crippen molar-refractivity contribution in [2.24, 2.45) is 0 Å². The maximum absolute atomic E-state index is 13.5. The molecule has 5 rings (SSSR count). The van der Waals surface area contributed by atoms with Crippen LogP contribution >= 0.6 is 0 Å². The summed E-state index contributed by atoms with van der Waals surface area (Å²) in [5.41, 5.74) is 3.01. The normalized spacial score (nSPS) is 20.3. The summed E-state index contributed by atoms with van der Waals surface area (Å²) in [6, 6.07) is 14.7. The van der Waals surface area contributed by atoms with E-state index in [1.54, 1.807) is 16.8 Å². The topological polar surface area (TPSA) is 61.2 Å². The van der Waals surface area contributed by atoms with Gasteiger partial charge in [0.2, 0.25) is 0 Å². The van der Waals surface area contributed by atoms with Crippen molar-refractivity contribution in [2.75, 3.05) is 19.7 Å². The number of piperidine rings is 1. The van der Waals surface area contributed by atoms with Crippen molar-refractivity contribution in [1.82, 2.24) is 20.1 Å². The number of benzene rings is 2. The van der Waals surface area contributed by atoms with Crippen LogP contribution in [0.2, 0.25) is 0 Å². The summed E-state index contributed by atoms with van der Waals surface area (Å²) in [6.45, 7) is 6.70. The number of hydrogen-bond donors (Lipinski definition) is 1. The molecule has 2 aromatic carbocycles. The number of nitrogens with one attached hydrogen (secondary N) is 1. The van der Waals surface area contributed by atoms with Gasteiger partial charge >= 0.3 is 0 Å². The van der Waals surface area contributed by atoms with Crippen LogP contribution < -0.4 is 5.32 Å². The molecule has 7 heteroatoms. The minimum Gasteiger partial charge on any atom is -0.347 e. The zero-order valence-electron chi connectivity index (χ0n) is 18.6. The van der Waals surface area contributed by atoms with Gasteiger partial charge in [0.1, 0.15) is 5.82 Å². The van der Waals surface area contributed by atoms with Crippen LogP contribution in [0.4, 0.5) is 4.39 Å². The Bertz CT molecular complexity index is 1060. The minimum atomic E-state index is -0.467. The molecule has 168 valence electrons. The van der Waals surface area contributed by atoms with Gasteiger partial charge in [0.05, 0.1) is 18.4 Å². The lowest BCUT2D eigenvalue weighted by Crippen LogP contribution is -2.43. The quantitative estimate of drug-likeness (QED) is 0.649. The SMILES string of the molecule is CC(C)c1ccc(-c2nc(CC3COC4(CCNCC4)O3)nn2-c2ccc(F)cc2)cc1. The molecule has 0 aliphatic carbocycles. The number of halogens is 1. The van der Waals surface area contributed by atoms with Gasteiger partial charge in [-0.1, -0.05) is 38.1 Å². The second-order valence-corrected chi connectivity index (χ2v) is 8.93. The summed E-state index contributed by atoms with van der Waals surface area (Å²) in [5, 5.41) is 8.12. The van der Waals surface area contributed by atoms with Gasteiger partial charge in [-0.25, -0.2) is 14.1 Å². The van der Waals surface area contributed by atoms with E-state index in [0.29, 0.717) is 24.8 Å². The van der Waals surface area contributed by atoms with Crippen molar-refractivity contribution >= 4 is 0 Å².